The van der Waals surface area contributed by atoms with Gasteiger partial charge in [0.25, 0.3) is 0 Å². The first-order chi connectivity index (χ1) is 6.65. The molecule has 0 N–H and O–H groups in total. The minimum Gasteiger partial charge on any atom is -0.253 e. The number of hydrogen-bond acceptors (Lipinski definition) is 1. The van der Waals surface area contributed by atoms with E-state index in [1.807, 2.05) is 6.92 Å². The molecule has 0 unspecified atom stereocenters. The van der Waals surface area contributed by atoms with E-state index in [9.17, 15) is 4.39 Å². The minimum absolute atomic E-state index is 0.348. The van der Waals surface area contributed by atoms with E-state index in [1.165, 1.54) is 0 Å². The monoisotopic (exact) mass is 276 g/mol. The minimum atomic E-state index is -0.354. The molecule has 0 fully saturated rings. The van der Waals surface area contributed by atoms with Crippen molar-refractivity contribution in [1.29, 1.82) is 0 Å². The third kappa shape index (κ3) is 1.33. The van der Waals surface area contributed by atoms with Gasteiger partial charge in [0.1, 0.15) is 11.0 Å². The van der Waals surface area contributed by atoms with Gasteiger partial charge in [0.05, 0.1) is 15.4 Å². The standard InChI is InChI=1S/C9H7BrClFN2/c1-2-14-9(11)7-6(13-14)4-3-5(10)8(7)12/h3-4H,2H2,1H3. The first-order valence-corrected chi connectivity index (χ1v) is 5.32. The third-order valence-electron chi connectivity index (χ3n) is 2.03. The maximum atomic E-state index is 13.6. The number of aromatic nitrogens is 2. The van der Waals surface area contributed by atoms with Crippen LogP contribution in [0.25, 0.3) is 10.9 Å². The summed E-state index contributed by atoms with van der Waals surface area (Å²) in [5.41, 5.74) is 0.581. The Hall–Kier alpha value is -0.610. The maximum absolute atomic E-state index is 13.6. The van der Waals surface area contributed by atoms with Gasteiger partial charge >= 0.3 is 0 Å². The van der Waals surface area contributed by atoms with Crippen molar-refractivity contribution in [3.8, 4) is 0 Å². The molecule has 0 saturated heterocycles. The van der Waals surface area contributed by atoms with Crippen molar-refractivity contribution in [2.75, 3.05) is 0 Å². The predicted molar refractivity (Wildman–Crippen MR) is 58.1 cm³/mol. The lowest BCUT2D eigenvalue weighted by Gasteiger charge is -1.96. The van der Waals surface area contributed by atoms with Gasteiger partial charge in [0, 0.05) is 6.54 Å². The van der Waals surface area contributed by atoms with Crippen molar-refractivity contribution >= 4 is 38.4 Å². The smallest absolute Gasteiger partial charge is 0.149 e. The molecule has 0 aliphatic rings. The van der Waals surface area contributed by atoms with Crippen LogP contribution >= 0.6 is 27.5 Å². The van der Waals surface area contributed by atoms with Crippen LogP contribution in [0.15, 0.2) is 16.6 Å². The number of hydrogen-bond donors (Lipinski definition) is 0. The summed E-state index contributed by atoms with van der Waals surface area (Å²) in [5, 5.41) is 4.88. The van der Waals surface area contributed by atoms with Crippen molar-refractivity contribution in [3.05, 3.63) is 27.6 Å². The van der Waals surface area contributed by atoms with Gasteiger partial charge in [0.2, 0.25) is 0 Å². The summed E-state index contributed by atoms with van der Waals surface area (Å²) in [6.07, 6.45) is 0. The molecule has 0 bridgehead atoms. The van der Waals surface area contributed by atoms with Crippen molar-refractivity contribution in [2.24, 2.45) is 0 Å². The zero-order chi connectivity index (χ0) is 10.3. The summed E-state index contributed by atoms with van der Waals surface area (Å²) in [4.78, 5) is 0. The lowest BCUT2D eigenvalue weighted by Crippen LogP contribution is -1.94. The van der Waals surface area contributed by atoms with Crippen LogP contribution in [0.5, 0.6) is 0 Å². The molecule has 0 radical (unpaired) electrons. The second-order valence-corrected chi connectivity index (χ2v) is 4.07. The largest absolute Gasteiger partial charge is 0.253 e. The van der Waals surface area contributed by atoms with Crippen LogP contribution in [0, 0.1) is 5.82 Å². The fraction of sp³-hybridized carbons (Fsp3) is 0.222. The van der Waals surface area contributed by atoms with Gasteiger partial charge in [-0.3, -0.25) is 4.68 Å². The highest BCUT2D eigenvalue weighted by molar-refractivity contribution is 9.10. The Morgan fingerprint density at radius 1 is 1.57 bits per heavy atom. The lowest BCUT2D eigenvalue weighted by atomic mass is 10.2. The second kappa shape index (κ2) is 3.51. The Kier molecular flexibility index (Phi) is 2.49. The maximum Gasteiger partial charge on any atom is 0.149 e. The highest BCUT2D eigenvalue weighted by Crippen LogP contribution is 2.30. The molecule has 0 atom stereocenters. The highest BCUT2D eigenvalue weighted by Gasteiger charge is 2.14. The molecular weight excluding hydrogens is 270 g/mol. The Morgan fingerprint density at radius 3 is 2.93 bits per heavy atom. The SMILES string of the molecule is CCn1nc2ccc(Br)c(F)c2c1Cl. The molecule has 1 heterocycles. The highest BCUT2D eigenvalue weighted by atomic mass is 79.9. The van der Waals surface area contributed by atoms with E-state index in [0.717, 1.165) is 0 Å². The summed E-state index contributed by atoms with van der Waals surface area (Å²) in [6.45, 7) is 2.54. The molecular formula is C9H7BrClFN2. The van der Waals surface area contributed by atoms with Crippen molar-refractivity contribution in [1.82, 2.24) is 9.78 Å². The van der Waals surface area contributed by atoms with E-state index < -0.39 is 0 Å². The lowest BCUT2D eigenvalue weighted by molar-refractivity contribution is 0.632. The predicted octanol–water partition coefficient (Wildman–Crippen LogP) is 3.61. The zero-order valence-corrected chi connectivity index (χ0v) is 9.73. The van der Waals surface area contributed by atoms with Gasteiger partial charge in [-0.15, -0.1) is 0 Å². The van der Waals surface area contributed by atoms with E-state index in [-0.39, 0.29) is 5.82 Å². The molecule has 5 heteroatoms. The van der Waals surface area contributed by atoms with Crippen LogP contribution in [0.2, 0.25) is 5.15 Å². The Labute approximate surface area is 93.8 Å². The van der Waals surface area contributed by atoms with Gasteiger partial charge in [-0.25, -0.2) is 4.39 Å². The normalized spacial score (nSPS) is 11.1. The molecule has 74 valence electrons. The molecule has 14 heavy (non-hydrogen) atoms. The number of halogens is 3. The van der Waals surface area contributed by atoms with Crippen LogP contribution in [0.3, 0.4) is 0 Å². The Balaban J connectivity index is 2.87. The average molecular weight is 278 g/mol. The van der Waals surface area contributed by atoms with E-state index in [1.54, 1.807) is 16.8 Å². The molecule has 0 spiro atoms. The fourth-order valence-corrected chi connectivity index (χ4v) is 2.00. The molecule has 2 nitrogen and oxygen atoms in total. The van der Waals surface area contributed by atoms with E-state index >= 15 is 0 Å². The Morgan fingerprint density at radius 2 is 2.29 bits per heavy atom. The van der Waals surface area contributed by atoms with Gasteiger partial charge in [-0.2, -0.15) is 5.10 Å². The third-order valence-corrected chi connectivity index (χ3v) is 3.03. The Bertz CT molecular complexity index is 495. The molecule has 0 aliphatic heterocycles. The summed E-state index contributed by atoms with van der Waals surface area (Å²) in [7, 11) is 0. The zero-order valence-electron chi connectivity index (χ0n) is 7.39. The molecule has 2 rings (SSSR count). The quantitative estimate of drug-likeness (QED) is 0.778. The van der Waals surface area contributed by atoms with Gasteiger partial charge in [-0.1, -0.05) is 11.6 Å². The summed E-state index contributed by atoms with van der Waals surface area (Å²) in [6, 6.07) is 3.36. The number of nitrogens with zero attached hydrogens (tertiary/aromatic N) is 2. The molecule has 2 aromatic rings. The molecule has 1 aromatic heterocycles. The van der Waals surface area contributed by atoms with Crippen LogP contribution in [-0.4, -0.2) is 9.78 Å². The molecule has 0 aliphatic carbocycles. The van der Waals surface area contributed by atoms with E-state index in [2.05, 4.69) is 21.0 Å². The summed E-state index contributed by atoms with van der Waals surface area (Å²) in [5.74, 6) is -0.354. The molecule has 0 amide bonds. The average Bonchev–Trinajstić information content (AvgIpc) is 2.50. The number of benzene rings is 1. The topological polar surface area (TPSA) is 17.8 Å². The first-order valence-electron chi connectivity index (χ1n) is 4.15. The van der Waals surface area contributed by atoms with Crippen molar-refractivity contribution in [3.63, 3.8) is 0 Å². The number of aryl methyl sites for hydroxylation is 1. The van der Waals surface area contributed by atoms with Crippen LogP contribution in [-0.2, 0) is 6.54 Å². The second-order valence-electron chi connectivity index (χ2n) is 2.86. The van der Waals surface area contributed by atoms with Gasteiger partial charge in [0.15, 0.2) is 0 Å². The molecule has 1 aromatic carbocycles. The van der Waals surface area contributed by atoms with Crippen LogP contribution < -0.4 is 0 Å². The van der Waals surface area contributed by atoms with Crippen molar-refractivity contribution < 1.29 is 4.39 Å². The van der Waals surface area contributed by atoms with Crippen LogP contribution in [0.4, 0.5) is 4.39 Å². The van der Waals surface area contributed by atoms with E-state index in [4.69, 9.17) is 11.6 Å². The number of rotatable bonds is 1. The van der Waals surface area contributed by atoms with Gasteiger partial charge in [-0.05, 0) is 35.0 Å². The first kappa shape index (κ1) is 9.93. The van der Waals surface area contributed by atoms with Crippen LogP contribution in [0.1, 0.15) is 6.92 Å². The number of fused-ring (bicyclic) bond motifs is 1. The summed E-state index contributed by atoms with van der Waals surface area (Å²) >= 11 is 9.09. The van der Waals surface area contributed by atoms with Gasteiger partial charge < -0.3 is 0 Å². The van der Waals surface area contributed by atoms with Crippen molar-refractivity contribution in [2.45, 2.75) is 13.5 Å². The van der Waals surface area contributed by atoms with E-state index in [0.29, 0.717) is 27.1 Å². The molecule has 0 saturated carbocycles. The summed E-state index contributed by atoms with van der Waals surface area (Å²) < 4.78 is 15.6. The fourth-order valence-electron chi connectivity index (χ4n) is 1.33.